The van der Waals surface area contributed by atoms with Gasteiger partial charge in [0.2, 0.25) is 6.79 Å². The highest BCUT2D eigenvalue weighted by Gasteiger charge is 2.16. The van der Waals surface area contributed by atoms with Gasteiger partial charge in [-0.15, -0.1) is 11.3 Å². The van der Waals surface area contributed by atoms with Crippen molar-refractivity contribution in [3.63, 3.8) is 0 Å². The van der Waals surface area contributed by atoms with Gasteiger partial charge in [-0.1, -0.05) is 11.6 Å². The average molecular weight is 400 g/mol. The molecule has 2 heterocycles. The van der Waals surface area contributed by atoms with E-state index in [0.29, 0.717) is 27.8 Å². The number of thiazole rings is 1. The van der Waals surface area contributed by atoms with E-state index in [1.807, 2.05) is 23.6 Å². The summed E-state index contributed by atoms with van der Waals surface area (Å²) < 4.78 is 23.9. The molecule has 0 amide bonds. The maximum atomic E-state index is 13.2. The van der Waals surface area contributed by atoms with Gasteiger partial charge in [-0.25, -0.2) is 9.37 Å². The minimum absolute atomic E-state index is 0.00579. The molecular weight excluding hydrogens is 389 g/mol. The summed E-state index contributed by atoms with van der Waals surface area (Å²) in [5, 5.41) is 14.8. The molecule has 0 spiro atoms. The molecule has 134 valence electrons. The Hall–Kier alpha value is -3.08. The molecular formula is C19H11ClFN3O2S. The van der Waals surface area contributed by atoms with Gasteiger partial charge in [0.25, 0.3) is 0 Å². The molecule has 27 heavy (non-hydrogen) atoms. The highest BCUT2D eigenvalue weighted by Crippen LogP contribution is 2.36. The molecule has 0 fully saturated rings. The van der Waals surface area contributed by atoms with Crippen LogP contribution in [0.1, 0.15) is 5.01 Å². The summed E-state index contributed by atoms with van der Waals surface area (Å²) in [6, 6.07) is 11.9. The number of rotatable bonds is 4. The van der Waals surface area contributed by atoms with Crippen molar-refractivity contribution < 1.29 is 13.9 Å². The van der Waals surface area contributed by atoms with Crippen LogP contribution in [-0.4, -0.2) is 11.8 Å². The smallest absolute Gasteiger partial charge is 0.231 e. The molecule has 5 nitrogen and oxygen atoms in total. The molecule has 3 aromatic rings. The van der Waals surface area contributed by atoms with Crippen LogP contribution in [0.25, 0.3) is 16.8 Å². The Morgan fingerprint density at radius 3 is 2.93 bits per heavy atom. The first kappa shape index (κ1) is 17.3. The zero-order valence-corrected chi connectivity index (χ0v) is 15.3. The van der Waals surface area contributed by atoms with Crippen molar-refractivity contribution in [2.24, 2.45) is 0 Å². The van der Waals surface area contributed by atoms with Gasteiger partial charge >= 0.3 is 0 Å². The number of nitrogens with zero attached hydrogens (tertiary/aromatic N) is 2. The summed E-state index contributed by atoms with van der Waals surface area (Å²) in [5.41, 5.74) is 2.53. The van der Waals surface area contributed by atoms with Crippen LogP contribution in [0.2, 0.25) is 5.02 Å². The number of nitrogens with one attached hydrogen (secondary N) is 1. The standard InChI is InChI=1S/C19H11ClFN3O2S/c20-14-6-13(2-3-15(14)21)23-8-12(7-22)19-24-16(9-27-19)11-1-4-17-18(5-11)26-10-25-17/h1-6,8-9,23H,10H2/b12-8+. The molecule has 1 aliphatic heterocycles. The molecule has 0 bridgehead atoms. The van der Waals surface area contributed by atoms with Gasteiger partial charge in [0.15, 0.2) is 11.5 Å². The van der Waals surface area contributed by atoms with Crippen LogP contribution in [0.5, 0.6) is 11.5 Å². The van der Waals surface area contributed by atoms with Crippen LogP contribution < -0.4 is 14.8 Å². The fourth-order valence-corrected chi connectivity index (χ4v) is 3.44. The number of hydrogen-bond acceptors (Lipinski definition) is 6. The first-order chi connectivity index (χ1) is 13.1. The van der Waals surface area contributed by atoms with Crippen molar-refractivity contribution in [1.82, 2.24) is 4.98 Å². The number of halogens is 2. The molecule has 0 radical (unpaired) electrons. The van der Waals surface area contributed by atoms with Crippen LogP contribution in [0, 0.1) is 17.1 Å². The minimum Gasteiger partial charge on any atom is -0.454 e. The number of hydrogen-bond donors (Lipinski definition) is 1. The van der Waals surface area contributed by atoms with E-state index in [0.717, 1.165) is 11.3 Å². The van der Waals surface area contributed by atoms with Crippen molar-refractivity contribution in [1.29, 1.82) is 5.26 Å². The van der Waals surface area contributed by atoms with E-state index < -0.39 is 5.82 Å². The monoisotopic (exact) mass is 399 g/mol. The summed E-state index contributed by atoms with van der Waals surface area (Å²) in [7, 11) is 0. The predicted molar refractivity (Wildman–Crippen MR) is 102 cm³/mol. The largest absolute Gasteiger partial charge is 0.454 e. The molecule has 0 unspecified atom stereocenters. The number of benzene rings is 2. The number of fused-ring (bicyclic) bond motifs is 1. The Kier molecular flexibility index (Phi) is 4.67. The SMILES string of the molecule is N#C/C(=C\Nc1ccc(F)c(Cl)c1)c1nc(-c2ccc3c(c2)OCO3)cs1. The zero-order valence-electron chi connectivity index (χ0n) is 13.7. The highest BCUT2D eigenvalue weighted by atomic mass is 35.5. The molecule has 2 aromatic carbocycles. The number of ether oxygens (including phenoxy) is 2. The third kappa shape index (κ3) is 3.58. The Morgan fingerprint density at radius 2 is 2.11 bits per heavy atom. The Bertz CT molecular complexity index is 1090. The first-order valence-corrected chi connectivity index (χ1v) is 9.07. The zero-order chi connectivity index (χ0) is 18.8. The lowest BCUT2D eigenvalue weighted by Gasteiger charge is -2.02. The number of allylic oxidation sites excluding steroid dienone is 1. The third-order valence-corrected chi connectivity index (χ3v) is 4.99. The third-order valence-electron chi connectivity index (χ3n) is 3.83. The van der Waals surface area contributed by atoms with Gasteiger partial charge < -0.3 is 14.8 Å². The van der Waals surface area contributed by atoms with Crippen LogP contribution in [0.4, 0.5) is 10.1 Å². The molecule has 0 atom stereocenters. The quantitative estimate of drug-likeness (QED) is 0.602. The van der Waals surface area contributed by atoms with E-state index >= 15 is 0 Å². The minimum atomic E-state index is -0.500. The van der Waals surface area contributed by atoms with Crippen LogP contribution >= 0.6 is 22.9 Å². The molecule has 1 aromatic heterocycles. The highest BCUT2D eigenvalue weighted by molar-refractivity contribution is 7.11. The Balaban J connectivity index is 1.57. The van der Waals surface area contributed by atoms with Crippen molar-refractivity contribution in [3.8, 4) is 28.8 Å². The van der Waals surface area contributed by atoms with Gasteiger partial charge in [-0.2, -0.15) is 5.26 Å². The average Bonchev–Trinajstić information content (AvgIpc) is 3.34. The van der Waals surface area contributed by atoms with E-state index in [2.05, 4.69) is 16.4 Å². The van der Waals surface area contributed by atoms with Crippen molar-refractivity contribution in [2.75, 3.05) is 12.1 Å². The molecule has 1 N–H and O–H groups in total. The molecule has 8 heteroatoms. The summed E-state index contributed by atoms with van der Waals surface area (Å²) in [5.74, 6) is 0.877. The summed E-state index contributed by atoms with van der Waals surface area (Å²) in [6.07, 6.45) is 1.52. The number of anilines is 1. The van der Waals surface area contributed by atoms with E-state index in [1.54, 1.807) is 0 Å². The van der Waals surface area contributed by atoms with E-state index in [-0.39, 0.29) is 11.8 Å². The molecule has 1 aliphatic rings. The predicted octanol–water partition coefficient (Wildman–Crippen LogP) is 5.31. The van der Waals surface area contributed by atoms with Gasteiger partial charge in [0.1, 0.15) is 22.5 Å². The van der Waals surface area contributed by atoms with Gasteiger partial charge in [-0.3, -0.25) is 0 Å². The summed E-state index contributed by atoms with van der Waals surface area (Å²) >= 11 is 7.11. The first-order valence-electron chi connectivity index (χ1n) is 7.82. The molecule has 0 saturated heterocycles. The van der Waals surface area contributed by atoms with Crippen LogP contribution in [0.15, 0.2) is 48.0 Å². The molecule has 4 rings (SSSR count). The lowest BCUT2D eigenvalue weighted by molar-refractivity contribution is 0.174. The van der Waals surface area contributed by atoms with E-state index in [9.17, 15) is 9.65 Å². The van der Waals surface area contributed by atoms with Crippen LogP contribution in [-0.2, 0) is 0 Å². The number of nitriles is 1. The number of aromatic nitrogens is 1. The molecule has 0 aliphatic carbocycles. The van der Waals surface area contributed by atoms with E-state index in [1.165, 1.54) is 35.7 Å². The second-order valence-corrected chi connectivity index (χ2v) is 6.81. The fourth-order valence-electron chi connectivity index (χ4n) is 2.47. The lowest BCUT2D eigenvalue weighted by Crippen LogP contribution is -1.92. The molecule has 0 saturated carbocycles. The summed E-state index contributed by atoms with van der Waals surface area (Å²) in [4.78, 5) is 4.53. The van der Waals surface area contributed by atoms with Gasteiger partial charge in [-0.05, 0) is 36.4 Å². The van der Waals surface area contributed by atoms with Crippen molar-refractivity contribution in [2.45, 2.75) is 0 Å². The summed E-state index contributed by atoms with van der Waals surface area (Å²) in [6.45, 7) is 0.210. The second kappa shape index (κ2) is 7.27. The second-order valence-electron chi connectivity index (χ2n) is 5.55. The maximum absolute atomic E-state index is 13.2. The van der Waals surface area contributed by atoms with Gasteiger partial charge in [0, 0.05) is 22.8 Å². The fraction of sp³-hybridized carbons (Fsp3) is 0.0526. The topological polar surface area (TPSA) is 67.2 Å². The lowest BCUT2D eigenvalue weighted by atomic mass is 10.1. The van der Waals surface area contributed by atoms with Gasteiger partial charge in [0.05, 0.1) is 10.7 Å². The maximum Gasteiger partial charge on any atom is 0.231 e. The van der Waals surface area contributed by atoms with E-state index in [4.69, 9.17) is 21.1 Å². The van der Waals surface area contributed by atoms with Crippen molar-refractivity contribution >= 4 is 34.2 Å². The van der Waals surface area contributed by atoms with Crippen molar-refractivity contribution in [3.05, 3.63) is 63.8 Å². The van der Waals surface area contributed by atoms with Crippen LogP contribution in [0.3, 0.4) is 0 Å². The Labute approximate surface area is 163 Å². The normalized spacial score (nSPS) is 12.7. The Morgan fingerprint density at radius 1 is 1.26 bits per heavy atom.